The third-order valence-corrected chi connectivity index (χ3v) is 4.26. The monoisotopic (exact) mass is 264 g/mol. The molecule has 0 radical (unpaired) electrons. The van der Waals surface area contributed by atoms with E-state index in [-0.39, 0.29) is 0 Å². The van der Waals surface area contributed by atoms with Gasteiger partial charge in [0.15, 0.2) is 11.6 Å². The topological polar surface area (TPSA) is 62.8 Å². The molecule has 19 heavy (non-hydrogen) atoms. The van der Waals surface area contributed by atoms with Crippen molar-refractivity contribution in [2.24, 2.45) is 0 Å². The van der Waals surface area contributed by atoms with Crippen LogP contribution in [-0.4, -0.2) is 34.4 Å². The van der Waals surface area contributed by atoms with Crippen LogP contribution in [0.3, 0.4) is 0 Å². The highest BCUT2D eigenvalue weighted by Gasteiger charge is 2.20. The minimum Gasteiger partial charge on any atom is -0.370 e. The zero-order chi connectivity index (χ0) is 12.9. The van der Waals surface area contributed by atoms with Crippen molar-refractivity contribution in [2.45, 2.75) is 63.6 Å². The molecule has 0 amide bonds. The lowest BCUT2D eigenvalue weighted by atomic mass is 9.89. The number of nitrogens with zero attached hydrogens (tertiary/aromatic N) is 2. The molecular weight excluding hydrogens is 240 g/mol. The van der Waals surface area contributed by atoms with Gasteiger partial charge in [0.2, 0.25) is 0 Å². The van der Waals surface area contributed by atoms with Gasteiger partial charge in [-0.25, -0.2) is 4.98 Å². The highest BCUT2D eigenvalue weighted by Crippen LogP contribution is 2.30. The number of aromatic nitrogens is 3. The number of nitrogens with one attached hydrogen (secondary N) is 2. The van der Waals surface area contributed by atoms with Gasteiger partial charge in [0.05, 0.1) is 6.10 Å². The zero-order valence-corrected chi connectivity index (χ0v) is 11.5. The number of rotatable bonds is 4. The van der Waals surface area contributed by atoms with Gasteiger partial charge in [-0.05, 0) is 38.8 Å². The Hall–Kier alpha value is -0.940. The zero-order valence-electron chi connectivity index (χ0n) is 11.5. The molecule has 0 aromatic carbocycles. The molecule has 3 rings (SSSR count). The lowest BCUT2D eigenvalue weighted by molar-refractivity contribution is 0.0179. The average molecular weight is 264 g/mol. The summed E-state index contributed by atoms with van der Waals surface area (Å²) in [6.45, 7) is 2.70. The number of ether oxygens (including phenoxy) is 1. The Morgan fingerprint density at radius 1 is 1.05 bits per heavy atom. The van der Waals surface area contributed by atoms with Crippen LogP contribution in [0.2, 0.25) is 0 Å². The first kappa shape index (κ1) is 13.1. The molecule has 1 aromatic heterocycles. The molecule has 1 saturated heterocycles. The molecule has 0 atom stereocenters. The quantitative estimate of drug-likeness (QED) is 0.874. The minimum absolute atomic E-state index is 0.379. The normalized spacial score (nSPS) is 22.7. The maximum Gasteiger partial charge on any atom is 0.153 e. The summed E-state index contributed by atoms with van der Waals surface area (Å²) in [6.07, 6.45) is 9.07. The van der Waals surface area contributed by atoms with Gasteiger partial charge in [-0.3, -0.25) is 5.10 Å². The van der Waals surface area contributed by atoms with E-state index in [1.54, 1.807) is 0 Å². The van der Waals surface area contributed by atoms with Gasteiger partial charge in [0.25, 0.3) is 0 Å². The summed E-state index contributed by atoms with van der Waals surface area (Å²) in [4.78, 5) is 4.61. The van der Waals surface area contributed by atoms with Crippen molar-refractivity contribution in [1.29, 1.82) is 0 Å². The van der Waals surface area contributed by atoms with E-state index in [1.165, 1.54) is 32.1 Å². The van der Waals surface area contributed by atoms with Crippen molar-refractivity contribution in [3.63, 3.8) is 0 Å². The molecule has 106 valence electrons. The van der Waals surface area contributed by atoms with Crippen molar-refractivity contribution >= 4 is 0 Å². The highest BCUT2D eigenvalue weighted by atomic mass is 16.5. The van der Waals surface area contributed by atoms with E-state index in [2.05, 4.69) is 20.5 Å². The Balaban J connectivity index is 1.49. The van der Waals surface area contributed by atoms with E-state index >= 15 is 0 Å². The second-order valence-corrected chi connectivity index (χ2v) is 5.74. The fourth-order valence-electron chi connectivity index (χ4n) is 3.08. The van der Waals surface area contributed by atoms with E-state index in [1.807, 2.05) is 0 Å². The van der Waals surface area contributed by atoms with E-state index in [0.29, 0.717) is 18.6 Å². The molecule has 0 spiro atoms. The van der Waals surface area contributed by atoms with Crippen LogP contribution < -0.4 is 5.32 Å². The van der Waals surface area contributed by atoms with Crippen LogP contribution in [0.4, 0.5) is 0 Å². The molecule has 1 aliphatic carbocycles. The van der Waals surface area contributed by atoms with Crippen molar-refractivity contribution in [1.82, 2.24) is 20.5 Å². The van der Waals surface area contributed by atoms with Crippen LogP contribution >= 0.6 is 0 Å². The molecule has 0 bridgehead atoms. The van der Waals surface area contributed by atoms with Gasteiger partial charge in [-0.2, -0.15) is 5.10 Å². The molecule has 5 nitrogen and oxygen atoms in total. The van der Waals surface area contributed by atoms with Crippen LogP contribution in [0, 0.1) is 0 Å². The van der Waals surface area contributed by atoms with E-state index in [4.69, 9.17) is 4.74 Å². The molecule has 2 aliphatic rings. The molecular formula is C14H24N4O. The standard InChI is InChI=1S/C14H24N4O/c1-2-4-11(5-3-1)14-16-13(17-18-14)10-19-12-6-8-15-9-7-12/h11-12,15H,1-10H2,(H,16,17,18). The maximum atomic E-state index is 5.90. The Labute approximate surface area is 114 Å². The molecule has 2 N–H and O–H groups in total. The SMILES string of the molecule is C1CCC(c2n[nH]c(COC3CCNCC3)n2)CC1. The van der Waals surface area contributed by atoms with Crippen LogP contribution in [0.15, 0.2) is 0 Å². The highest BCUT2D eigenvalue weighted by molar-refractivity contribution is 4.98. The smallest absolute Gasteiger partial charge is 0.153 e. The number of piperidine rings is 1. The molecule has 0 unspecified atom stereocenters. The van der Waals surface area contributed by atoms with Gasteiger partial charge >= 0.3 is 0 Å². The Kier molecular flexibility index (Phi) is 4.45. The van der Waals surface area contributed by atoms with Crippen LogP contribution in [0.5, 0.6) is 0 Å². The molecule has 1 aromatic rings. The average Bonchev–Trinajstić information content (AvgIpc) is 2.96. The molecule has 2 fully saturated rings. The van der Waals surface area contributed by atoms with Gasteiger partial charge in [0.1, 0.15) is 6.61 Å². The molecule has 2 heterocycles. The van der Waals surface area contributed by atoms with Crippen molar-refractivity contribution < 1.29 is 4.74 Å². The second kappa shape index (κ2) is 6.48. The summed E-state index contributed by atoms with van der Waals surface area (Å²) >= 11 is 0. The van der Waals surface area contributed by atoms with E-state index in [9.17, 15) is 0 Å². The first-order valence-electron chi connectivity index (χ1n) is 7.65. The lowest BCUT2D eigenvalue weighted by Crippen LogP contribution is -2.32. The van der Waals surface area contributed by atoms with Gasteiger partial charge in [0, 0.05) is 5.92 Å². The first-order valence-corrected chi connectivity index (χ1v) is 7.65. The third-order valence-electron chi connectivity index (χ3n) is 4.26. The lowest BCUT2D eigenvalue weighted by Gasteiger charge is -2.22. The van der Waals surface area contributed by atoms with E-state index < -0.39 is 0 Å². The van der Waals surface area contributed by atoms with Gasteiger partial charge in [-0.1, -0.05) is 19.3 Å². The van der Waals surface area contributed by atoms with Gasteiger partial charge in [-0.15, -0.1) is 0 Å². The minimum atomic E-state index is 0.379. The van der Waals surface area contributed by atoms with Crippen LogP contribution in [0.1, 0.15) is 62.5 Å². The summed E-state index contributed by atoms with van der Waals surface area (Å²) in [7, 11) is 0. The number of aromatic amines is 1. The van der Waals surface area contributed by atoms with Crippen LogP contribution in [0.25, 0.3) is 0 Å². The molecule has 1 saturated carbocycles. The van der Waals surface area contributed by atoms with E-state index in [0.717, 1.165) is 37.6 Å². The Morgan fingerprint density at radius 2 is 1.84 bits per heavy atom. The fourth-order valence-corrected chi connectivity index (χ4v) is 3.08. The summed E-state index contributed by atoms with van der Waals surface area (Å²) in [5, 5.41) is 10.8. The Morgan fingerprint density at radius 3 is 2.63 bits per heavy atom. The van der Waals surface area contributed by atoms with Crippen LogP contribution in [-0.2, 0) is 11.3 Å². The third kappa shape index (κ3) is 3.54. The predicted molar refractivity (Wildman–Crippen MR) is 72.9 cm³/mol. The van der Waals surface area contributed by atoms with Crippen molar-refractivity contribution in [3.8, 4) is 0 Å². The fraction of sp³-hybridized carbons (Fsp3) is 0.857. The number of hydrogen-bond acceptors (Lipinski definition) is 4. The summed E-state index contributed by atoms with van der Waals surface area (Å²) in [5.74, 6) is 2.46. The number of hydrogen-bond donors (Lipinski definition) is 2. The first-order chi connectivity index (χ1) is 9.42. The Bertz CT molecular complexity index is 381. The largest absolute Gasteiger partial charge is 0.370 e. The summed E-state index contributed by atoms with van der Waals surface area (Å²) in [6, 6.07) is 0. The van der Waals surface area contributed by atoms with Gasteiger partial charge < -0.3 is 10.1 Å². The molecule has 5 heteroatoms. The van der Waals surface area contributed by atoms with Crippen molar-refractivity contribution in [2.75, 3.05) is 13.1 Å². The number of H-pyrrole nitrogens is 1. The van der Waals surface area contributed by atoms with Crippen molar-refractivity contribution in [3.05, 3.63) is 11.6 Å². The summed E-state index contributed by atoms with van der Waals surface area (Å²) in [5.41, 5.74) is 0. The second-order valence-electron chi connectivity index (χ2n) is 5.74. The summed E-state index contributed by atoms with van der Waals surface area (Å²) < 4.78 is 5.90. The predicted octanol–water partition coefficient (Wildman–Crippen LogP) is 2.12. The molecule has 1 aliphatic heterocycles. The maximum absolute atomic E-state index is 5.90.